The second-order valence-electron chi connectivity index (χ2n) is 7.34. The molecule has 8 heteroatoms. The molecule has 1 aliphatic rings. The van der Waals surface area contributed by atoms with E-state index in [1.54, 1.807) is 4.40 Å². The zero-order valence-electron chi connectivity index (χ0n) is 16.0. The third-order valence-corrected chi connectivity index (χ3v) is 5.18. The number of aryl methyl sites for hydroxylation is 1. The molecule has 4 aromatic rings. The van der Waals surface area contributed by atoms with E-state index in [-0.39, 0.29) is 12.3 Å². The molecule has 0 unspecified atom stereocenters. The summed E-state index contributed by atoms with van der Waals surface area (Å²) in [6.45, 7) is 2.51. The van der Waals surface area contributed by atoms with Crippen molar-refractivity contribution >= 4 is 11.6 Å². The van der Waals surface area contributed by atoms with Crippen LogP contribution in [0.2, 0.25) is 0 Å². The fourth-order valence-electron chi connectivity index (χ4n) is 3.31. The van der Waals surface area contributed by atoms with Gasteiger partial charge in [-0.3, -0.25) is 9.20 Å². The number of fused-ring (bicyclic) bond motifs is 1. The van der Waals surface area contributed by atoms with Crippen LogP contribution in [0.5, 0.6) is 0 Å². The lowest BCUT2D eigenvalue weighted by molar-refractivity contribution is -0.120. The first-order valence-electron chi connectivity index (χ1n) is 9.67. The third kappa shape index (κ3) is 3.49. The Hall–Kier alpha value is -3.55. The Morgan fingerprint density at radius 3 is 2.90 bits per heavy atom. The highest BCUT2D eigenvalue weighted by Gasteiger charge is 2.29. The zero-order valence-corrected chi connectivity index (χ0v) is 16.0. The van der Waals surface area contributed by atoms with Crippen LogP contribution >= 0.6 is 0 Å². The number of nitrogens with one attached hydrogen (secondary N) is 1. The van der Waals surface area contributed by atoms with E-state index in [4.69, 9.17) is 4.52 Å². The predicted octanol–water partition coefficient (Wildman–Crippen LogP) is 2.82. The van der Waals surface area contributed by atoms with Gasteiger partial charge in [-0.1, -0.05) is 29.4 Å². The van der Waals surface area contributed by atoms with E-state index in [9.17, 15) is 4.79 Å². The molecule has 8 nitrogen and oxygen atoms in total. The Bertz CT molecular complexity index is 1190. The molecule has 1 fully saturated rings. The van der Waals surface area contributed by atoms with Crippen LogP contribution in [0.3, 0.4) is 0 Å². The number of benzene rings is 1. The topological polar surface area (TPSA) is 98.2 Å². The summed E-state index contributed by atoms with van der Waals surface area (Å²) in [6.07, 6.45) is 4.18. The van der Waals surface area contributed by atoms with Crippen molar-refractivity contribution in [2.45, 2.75) is 38.6 Å². The number of hydrogen-bond donors (Lipinski definition) is 1. The van der Waals surface area contributed by atoms with Crippen molar-refractivity contribution in [1.29, 1.82) is 0 Å². The highest BCUT2D eigenvalue weighted by Crippen LogP contribution is 2.39. The molecule has 0 atom stereocenters. The van der Waals surface area contributed by atoms with Crippen molar-refractivity contribution in [3.8, 4) is 11.5 Å². The van der Waals surface area contributed by atoms with Gasteiger partial charge in [0.2, 0.25) is 5.91 Å². The first-order chi connectivity index (χ1) is 14.2. The smallest absolute Gasteiger partial charge is 0.261 e. The Labute approximate surface area is 167 Å². The minimum Gasteiger partial charge on any atom is -0.352 e. The molecule has 0 radical (unpaired) electrons. The number of carbonyl (C=O) groups is 1. The van der Waals surface area contributed by atoms with Crippen LogP contribution in [-0.4, -0.2) is 30.6 Å². The van der Waals surface area contributed by atoms with Gasteiger partial charge in [0.25, 0.3) is 5.89 Å². The maximum absolute atomic E-state index is 12.4. The summed E-state index contributed by atoms with van der Waals surface area (Å²) in [7, 11) is 0. The molecule has 0 spiro atoms. The summed E-state index contributed by atoms with van der Waals surface area (Å²) in [6, 6.07) is 11.7. The summed E-state index contributed by atoms with van der Waals surface area (Å²) < 4.78 is 7.22. The summed E-state index contributed by atoms with van der Waals surface area (Å²) in [5.74, 6) is 2.04. The molecule has 146 valence electrons. The van der Waals surface area contributed by atoms with Crippen molar-refractivity contribution in [3.63, 3.8) is 0 Å². The van der Waals surface area contributed by atoms with Gasteiger partial charge in [0.15, 0.2) is 11.5 Å². The summed E-state index contributed by atoms with van der Waals surface area (Å²) >= 11 is 0. The third-order valence-electron chi connectivity index (χ3n) is 5.18. The van der Waals surface area contributed by atoms with Crippen molar-refractivity contribution in [1.82, 2.24) is 30.1 Å². The predicted molar refractivity (Wildman–Crippen MR) is 105 cm³/mol. The number of hydrogen-bond acceptors (Lipinski definition) is 6. The Morgan fingerprint density at radius 2 is 2.07 bits per heavy atom. The van der Waals surface area contributed by atoms with Crippen LogP contribution in [0, 0.1) is 6.92 Å². The molecule has 5 rings (SSSR count). The minimum absolute atomic E-state index is 0.109. The second-order valence-corrected chi connectivity index (χ2v) is 7.34. The van der Waals surface area contributed by atoms with E-state index in [0.717, 1.165) is 29.8 Å². The summed E-state index contributed by atoms with van der Waals surface area (Å²) in [5, 5.41) is 15.5. The Kier molecular flexibility index (Phi) is 4.31. The molecular formula is C21H20N6O2. The number of aromatic nitrogens is 5. The monoisotopic (exact) mass is 388 g/mol. The SMILES string of the molecule is Cc1ccccc1CNC(=O)Cc1nnc2c(-c3nc(C4CC4)no3)cccn12. The van der Waals surface area contributed by atoms with Gasteiger partial charge in [-0.2, -0.15) is 4.98 Å². The number of rotatable bonds is 6. The van der Waals surface area contributed by atoms with Gasteiger partial charge in [0.1, 0.15) is 5.82 Å². The first kappa shape index (κ1) is 17.5. The lowest BCUT2D eigenvalue weighted by Gasteiger charge is -2.07. The van der Waals surface area contributed by atoms with E-state index in [1.807, 2.05) is 49.5 Å². The Balaban J connectivity index is 1.34. The van der Waals surface area contributed by atoms with Gasteiger partial charge in [-0.05, 0) is 43.0 Å². The van der Waals surface area contributed by atoms with Crippen LogP contribution in [0.1, 0.15) is 41.5 Å². The highest BCUT2D eigenvalue weighted by molar-refractivity contribution is 5.78. The normalized spacial score (nSPS) is 13.7. The molecule has 3 aromatic heterocycles. The largest absolute Gasteiger partial charge is 0.352 e. The van der Waals surface area contributed by atoms with Crippen LogP contribution in [0.4, 0.5) is 0 Å². The number of nitrogens with zero attached hydrogens (tertiary/aromatic N) is 5. The van der Waals surface area contributed by atoms with Gasteiger partial charge < -0.3 is 9.84 Å². The Morgan fingerprint density at radius 1 is 1.21 bits per heavy atom. The molecule has 29 heavy (non-hydrogen) atoms. The lowest BCUT2D eigenvalue weighted by Crippen LogP contribution is -2.25. The van der Waals surface area contributed by atoms with Crippen molar-refractivity contribution in [3.05, 3.63) is 65.4 Å². The molecule has 1 N–H and O–H groups in total. The molecule has 0 aliphatic heterocycles. The van der Waals surface area contributed by atoms with Crippen molar-refractivity contribution in [2.24, 2.45) is 0 Å². The van der Waals surface area contributed by atoms with E-state index >= 15 is 0 Å². The van der Waals surface area contributed by atoms with Gasteiger partial charge in [0.05, 0.1) is 12.0 Å². The minimum atomic E-state index is -0.109. The molecule has 1 aromatic carbocycles. The second kappa shape index (κ2) is 7.12. The maximum Gasteiger partial charge on any atom is 0.261 e. The van der Waals surface area contributed by atoms with E-state index in [0.29, 0.717) is 35.4 Å². The van der Waals surface area contributed by atoms with Crippen LogP contribution in [-0.2, 0) is 17.8 Å². The van der Waals surface area contributed by atoms with Crippen molar-refractivity contribution in [2.75, 3.05) is 0 Å². The fraction of sp³-hybridized carbons (Fsp3) is 0.286. The maximum atomic E-state index is 12.4. The number of pyridine rings is 1. The average molecular weight is 388 g/mol. The number of amides is 1. The summed E-state index contributed by atoms with van der Waals surface area (Å²) in [4.78, 5) is 16.9. The van der Waals surface area contributed by atoms with Crippen molar-refractivity contribution < 1.29 is 9.32 Å². The van der Waals surface area contributed by atoms with E-state index in [1.165, 1.54) is 0 Å². The molecule has 1 saturated carbocycles. The van der Waals surface area contributed by atoms with Gasteiger partial charge in [-0.15, -0.1) is 10.2 Å². The van der Waals surface area contributed by atoms with Crippen LogP contribution in [0.25, 0.3) is 17.1 Å². The van der Waals surface area contributed by atoms with Crippen LogP contribution < -0.4 is 5.32 Å². The lowest BCUT2D eigenvalue weighted by atomic mass is 10.1. The molecule has 0 bridgehead atoms. The van der Waals surface area contributed by atoms with Gasteiger partial charge in [-0.25, -0.2) is 0 Å². The highest BCUT2D eigenvalue weighted by atomic mass is 16.5. The molecular weight excluding hydrogens is 368 g/mol. The zero-order chi connectivity index (χ0) is 19.8. The van der Waals surface area contributed by atoms with E-state index < -0.39 is 0 Å². The summed E-state index contributed by atoms with van der Waals surface area (Å²) in [5.41, 5.74) is 3.55. The standard InChI is InChI=1S/C21H20N6O2/c1-13-5-2-3-6-15(13)12-22-18(28)11-17-24-25-20-16(7-4-10-27(17)20)21-23-19(26-29-21)14-8-9-14/h2-7,10,14H,8-9,11-12H2,1H3,(H,22,28). The van der Waals surface area contributed by atoms with E-state index in [2.05, 4.69) is 25.7 Å². The van der Waals surface area contributed by atoms with Gasteiger partial charge in [0, 0.05) is 18.7 Å². The molecule has 3 heterocycles. The molecule has 1 amide bonds. The molecule has 0 saturated heterocycles. The van der Waals surface area contributed by atoms with Gasteiger partial charge >= 0.3 is 0 Å². The average Bonchev–Trinajstić information content (AvgIpc) is 3.32. The molecule has 1 aliphatic carbocycles. The van der Waals surface area contributed by atoms with Crippen LogP contribution in [0.15, 0.2) is 47.1 Å². The first-order valence-corrected chi connectivity index (χ1v) is 9.67. The number of carbonyl (C=O) groups excluding carboxylic acids is 1. The quantitative estimate of drug-likeness (QED) is 0.545. The fourth-order valence-corrected chi connectivity index (χ4v) is 3.31.